The summed E-state index contributed by atoms with van der Waals surface area (Å²) in [6, 6.07) is 4.99. The standard InChI is InChI=1S/C16H17FN6O/c1-10-7-11(4-5-13(10)17)14-20-16(24-22-14)15-19-9-23(21-15)12-3-2-6-18-8-12/h4-5,7,9,12,18H,2-3,6,8H2,1H3. The van der Waals surface area contributed by atoms with E-state index in [2.05, 4.69) is 25.5 Å². The van der Waals surface area contributed by atoms with Gasteiger partial charge in [0.05, 0.1) is 6.04 Å². The van der Waals surface area contributed by atoms with Gasteiger partial charge in [-0.05, 0) is 50.1 Å². The van der Waals surface area contributed by atoms with Crippen LogP contribution in [-0.4, -0.2) is 38.0 Å². The van der Waals surface area contributed by atoms with Gasteiger partial charge in [-0.15, -0.1) is 5.10 Å². The maximum atomic E-state index is 13.4. The molecule has 1 aromatic carbocycles. The van der Waals surface area contributed by atoms with E-state index in [4.69, 9.17) is 4.52 Å². The van der Waals surface area contributed by atoms with Gasteiger partial charge in [-0.1, -0.05) is 5.16 Å². The second-order valence-electron chi connectivity index (χ2n) is 5.94. The molecule has 8 heteroatoms. The SMILES string of the molecule is Cc1cc(-c2noc(-c3ncn(C4CCCNC4)n3)n2)ccc1F. The minimum atomic E-state index is -0.260. The second-order valence-corrected chi connectivity index (χ2v) is 5.94. The van der Waals surface area contributed by atoms with Crippen LogP contribution in [0.25, 0.3) is 23.1 Å². The van der Waals surface area contributed by atoms with Crippen molar-refractivity contribution in [3.63, 3.8) is 0 Å². The van der Waals surface area contributed by atoms with Gasteiger partial charge in [0.1, 0.15) is 12.1 Å². The number of hydrogen-bond acceptors (Lipinski definition) is 6. The van der Waals surface area contributed by atoms with Gasteiger partial charge in [0.25, 0.3) is 5.89 Å². The fourth-order valence-electron chi connectivity index (χ4n) is 2.82. The molecule has 0 spiro atoms. The van der Waals surface area contributed by atoms with Gasteiger partial charge in [0, 0.05) is 12.1 Å². The van der Waals surface area contributed by atoms with Crippen molar-refractivity contribution in [2.24, 2.45) is 0 Å². The highest BCUT2D eigenvalue weighted by Gasteiger charge is 2.19. The fraction of sp³-hybridized carbons (Fsp3) is 0.375. The Morgan fingerprint density at radius 1 is 1.33 bits per heavy atom. The first-order chi connectivity index (χ1) is 11.7. The first-order valence-electron chi connectivity index (χ1n) is 7.93. The number of piperidine rings is 1. The highest BCUT2D eigenvalue weighted by atomic mass is 19.1. The highest BCUT2D eigenvalue weighted by Crippen LogP contribution is 2.23. The quantitative estimate of drug-likeness (QED) is 0.795. The molecule has 0 aliphatic carbocycles. The zero-order valence-electron chi connectivity index (χ0n) is 13.2. The Kier molecular flexibility index (Phi) is 3.81. The summed E-state index contributed by atoms with van der Waals surface area (Å²) in [6.07, 6.45) is 3.88. The minimum Gasteiger partial charge on any atom is -0.330 e. The van der Waals surface area contributed by atoms with Crippen LogP contribution in [0.2, 0.25) is 0 Å². The van der Waals surface area contributed by atoms with Crippen molar-refractivity contribution >= 4 is 0 Å². The maximum absolute atomic E-state index is 13.4. The van der Waals surface area contributed by atoms with Crippen LogP contribution in [0, 0.1) is 12.7 Å². The first-order valence-corrected chi connectivity index (χ1v) is 7.93. The summed E-state index contributed by atoms with van der Waals surface area (Å²) in [5, 5.41) is 11.7. The summed E-state index contributed by atoms with van der Waals surface area (Å²) >= 11 is 0. The van der Waals surface area contributed by atoms with Gasteiger partial charge in [0.15, 0.2) is 0 Å². The summed E-state index contributed by atoms with van der Waals surface area (Å²) in [4.78, 5) is 8.59. The number of rotatable bonds is 3. The molecule has 1 fully saturated rings. The van der Waals surface area contributed by atoms with E-state index >= 15 is 0 Å². The normalized spacial score (nSPS) is 18.0. The van der Waals surface area contributed by atoms with E-state index in [1.54, 1.807) is 25.4 Å². The zero-order chi connectivity index (χ0) is 16.5. The molecule has 1 atom stereocenters. The van der Waals surface area contributed by atoms with Crippen LogP contribution in [0.3, 0.4) is 0 Å². The van der Waals surface area contributed by atoms with Crippen molar-refractivity contribution in [3.8, 4) is 23.1 Å². The van der Waals surface area contributed by atoms with Gasteiger partial charge in [-0.2, -0.15) is 4.98 Å². The van der Waals surface area contributed by atoms with Crippen LogP contribution in [0.1, 0.15) is 24.4 Å². The summed E-state index contributed by atoms with van der Waals surface area (Å²) in [5.74, 6) is 0.792. The van der Waals surface area contributed by atoms with E-state index in [0.717, 1.165) is 25.9 Å². The van der Waals surface area contributed by atoms with Gasteiger partial charge in [-0.25, -0.2) is 14.1 Å². The lowest BCUT2D eigenvalue weighted by molar-refractivity contribution is 0.345. The largest absolute Gasteiger partial charge is 0.330 e. The van der Waals surface area contributed by atoms with E-state index in [0.29, 0.717) is 28.8 Å². The van der Waals surface area contributed by atoms with Crippen molar-refractivity contribution < 1.29 is 8.91 Å². The summed E-state index contributed by atoms with van der Waals surface area (Å²) in [5.41, 5.74) is 1.23. The average molecular weight is 328 g/mol. The zero-order valence-corrected chi connectivity index (χ0v) is 13.2. The van der Waals surface area contributed by atoms with Gasteiger partial charge < -0.3 is 9.84 Å². The van der Waals surface area contributed by atoms with E-state index in [1.165, 1.54) is 6.07 Å². The molecule has 2 aromatic heterocycles. The Bertz CT molecular complexity index is 852. The third kappa shape index (κ3) is 2.80. The molecule has 1 unspecified atom stereocenters. The Hall–Kier alpha value is -2.61. The number of benzene rings is 1. The molecule has 0 radical (unpaired) electrons. The van der Waals surface area contributed by atoms with Crippen molar-refractivity contribution in [2.45, 2.75) is 25.8 Å². The van der Waals surface area contributed by atoms with Gasteiger partial charge >= 0.3 is 0 Å². The highest BCUT2D eigenvalue weighted by molar-refractivity contribution is 5.57. The summed E-state index contributed by atoms with van der Waals surface area (Å²) < 4.78 is 20.5. The number of aryl methyl sites for hydroxylation is 1. The molecule has 4 rings (SSSR count). The van der Waals surface area contributed by atoms with E-state index in [-0.39, 0.29) is 11.7 Å². The number of nitrogens with one attached hydrogen (secondary N) is 1. The molecule has 1 N–H and O–H groups in total. The smallest absolute Gasteiger partial charge is 0.297 e. The van der Waals surface area contributed by atoms with Crippen molar-refractivity contribution in [1.29, 1.82) is 0 Å². The predicted octanol–water partition coefficient (Wildman–Crippen LogP) is 2.37. The molecule has 7 nitrogen and oxygen atoms in total. The topological polar surface area (TPSA) is 81.7 Å². The van der Waals surface area contributed by atoms with Crippen LogP contribution >= 0.6 is 0 Å². The minimum absolute atomic E-state index is 0.259. The number of nitrogens with zero attached hydrogens (tertiary/aromatic N) is 5. The molecule has 124 valence electrons. The third-order valence-corrected chi connectivity index (χ3v) is 4.19. The number of hydrogen-bond donors (Lipinski definition) is 1. The summed E-state index contributed by atoms with van der Waals surface area (Å²) in [7, 11) is 0. The van der Waals surface area contributed by atoms with Crippen molar-refractivity contribution in [2.75, 3.05) is 13.1 Å². The van der Waals surface area contributed by atoms with Crippen molar-refractivity contribution in [3.05, 3.63) is 35.9 Å². The second kappa shape index (κ2) is 6.12. The van der Waals surface area contributed by atoms with Crippen LogP contribution in [-0.2, 0) is 0 Å². The molecule has 3 aromatic rings. The van der Waals surface area contributed by atoms with E-state index in [1.807, 2.05) is 4.68 Å². The third-order valence-electron chi connectivity index (χ3n) is 4.19. The number of halogens is 1. The fourth-order valence-corrected chi connectivity index (χ4v) is 2.82. The Labute approximate surface area is 137 Å². The van der Waals surface area contributed by atoms with Crippen LogP contribution in [0.15, 0.2) is 29.0 Å². The molecule has 0 bridgehead atoms. The van der Waals surface area contributed by atoms with Crippen LogP contribution < -0.4 is 5.32 Å². The maximum Gasteiger partial charge on any atom is 0.297 e. The first kappa shape index (κ1) is 14.9. The lowest BCUT2D eigenvalue weighted by Gasteiger charge is -2.22. The van der Waals surface area contributed by atoms with E-state index in [9.17, 15) is 4.39 Å². The molecule has 1 saturated heterocycles. The lowest BCUT2D eigenvalue weighted by Crippen LogP contribution is -2.31. The van der Waals surface area contributed by atoms with E-state index < -0.39 is 0 Å². The molecule has 24 heavy (non-hydrogen) atoms. The van der Waals surface area contributed by atoms with Crippen LogP contribution in [0.5, 0.6) is 0 Å². The Morgan fingerprint density at radius 3 is 3.04 bits per heavy atom. The number of aromatic nitrogens is 5. The van der Waals surface area contributed by atoms with Gasteiger partial charge in [0.2, 0.25) is 11.6 Å². The molecular formula is C16H17FN6O. The molecule has 1 aliphatic rings. The molecule has 0 amide bonds. The van der Waals surface area contributed by atoms with Gasteiger partial charge in [-0.3, -0.25) is 0 Å². The van der Waals surface area contributed by atoms with Crippen LogP contribution in [0.4, 0.5) is 4.39 Å². The Balaban J connectivity index is 1.58. The molecule has 3 heterocycles. The van der Waals surface area contributed by atoms with Crippen molar-refractivity contribution in [1.82, 2.24) is 30.2 Å². The molecule has 1 aliphatic heterocycles. The average Bonchev–Trinajstić information content (AvgIpc) is 3.27. The summed E-state index contributed by atoms with van der Waals surface area (Å²) in [6.45, 7) is 3.62. The predicted molar refractivity (Wildman–Crippen MR) is 84.6 cm³/mol. The molecule has 0 saturated carbocycles. The monoisotopic (exact) mass is 328 g/mol. The lowest BCUT2D eigenvalue weighted by atomic mass is 10.1. The molecular weight excluding hydrogens is 311 g/mol. The Morgan fingerprint density at radius 2 is 2.25 bits per heavy atom.